The minimum Gasteiger partial charge on any atom is -0.493 e. The summed E-state index contributed by atoms with van der Waals surface area (Å²) in [5, 5.41) is 4.67. The molecule has 1 saturated carbocycles. The van der Waals surface area contributed by atoms with Gasteiger partial charge in [-0.25, -0.2) is 4.98 Å². The van der Waals surface area contributed by atoms with Crippen LogP contribution in [0.2, 0.25) is 0 Å². The van der Waals surface area contributed by atoms with Crippen molar-refractivity contribution in [1.82, 2.24) is 4.98 Å². The van der Waals surface area contributed by atoms with E-state index in [0.29, 0.717) is 0 Å². The number of benzene rings is 1. The van der Waals surface area contributed by atoms with E-state index in [1.165, 1.54) is 37.0 Å². The van der Waals surface area contributed by atoms with Crippen molar-refractivity contribution in [3.05, 3.63) is 29.1 Å². The van der Waals surface area contributed by atoms with Crippen molar-refractivity contribution < 1.29 is 4.74 Å². The summed E-state index contributed by atoms with van der Waals surface area (Å²) < 4.78 is 5.83. The van der Waals surface area contributed by atoms with Gasteiger partial charge >= 0.3 is 0 Å². The highest BCUT2D eigenvalue weighted by atomic mass is 32.1. The van der Waals surface area contributed by atoms with Crippen LogP contribution in [-0.4, -0.2) is 18.1 Å². The molecular formula is C18H22N2OS. The average Bonchev–Trinajstić information content (AvgIpc) is 2.90. The van der Waals surface area contributed by atoms with Crippen LogP contribution < -0.4 is 10.1 Å². The van der Waals surface area contributed by atoms with E-state index in [-0.39, 0.29) is 0 Å². The summed E-state index contributed by atoms with van der Waals surface area (Å²) in [6.07, 6.45) is 7.89. The van der Waals surface area contributed by atoms with Gasteiger partial charge in [0.25, 0.3) is 0 Å². The maximum absolute atomic E-state index is 5.83. The predicted octanol–water partition coefficient (Wildman–Crippen LogP) is 4.74. The van der Waals surface area contributed by atoms with E-state index in [9.17, 15) is 0 Å². The molecule has 1 aliphatic carbocycles. The first-order chi connectivity index (χ1) is 10.9. The number of fused-ring (bicyclic) bond motifs is 3. The highest BCUT2D eigenvalue weighted by Gasteiger charge is 2.20. The largest absolute Gasteiger partial charge is 0.493 e. The zero-order chi connectivity index (χ0) is 14.8. The molecule has 3 nitrogen and oxygen atoms in total. The van der Waals surface area contributed by atoms with E-state index in [1.54, 1.807) is 11.3 Å². The average molecular weight is 314 g/mol. The fourth-order valence-corrected chi connectivity index (χ4v) is 4.44. The van der Waals surface area contributed by atoms with E-state index in [0.717, 1.165) is 47.6 Å². The Bertz CT molecular complexity index is 646. The molecule has 2 heterocycles. The monoisotopic (exact) mass is 314 g/mol. The van der Waals surface area contributed by atoms with Crippen molar-refractivity contribution in [2.75, 3.05) is 18.5 Å². The van der Waals surface area contributed by atoms with Gasteiger partial charge in [0.2, 0.25) is 0 Å². The van der Waals surface area contributed by atoms with Crippen LogP contribution in [0.25, 0.3) is 11.3 Å². The molecule has 0 saturated heterocycles. The zero-order valence-electron chi connectivity index (χ0n) is 12.8. The lowest BCUT2D eigenvalue weighted by molar-refractivity contribution is 0.327. The number of anilines is 1. The number of ether oxygens (including phenoxy) is 1. The highest BCUT2D eigenvalue weighted by molar-refractivity contribution is 7.16. The molecule has 0 amide bonds. The first-order valence-electron chi connectivity index (χ1n) is 8.36. The molecule has 1 N–H and O–H groups in total. The summed E-state index contributed by atoms with van der Waals surface area (Å²) >= 11 is 1.80. The van der Waals surface area contributed by atoms with Crippen molar-refractivity contribution in [2.24, 2.45) is 5.92 Å². The first-order valence-corrected chi connectivity index (χ1v) is 9.17. The number of hydrogen-bond acceptors (Lipinski definition) is 4. The lowest BCUT2D eigenvalue weighted by Gasteiger charge is -2.21. The number of hydrogen-bond donors (Lipinski definition) is 1. The normalized spacial score (nSPS) is 18.0. The van der Waals surface area contributed by atoms with Gasteiger partial charge in [-0.1, -0.05) is 31.4 Å². The second kappa shape index (κ2) is 6.29. The zero-order valence-corrected chi connectivity index (χ0v) is 13.6. The van der Waals surface area contributed by atoms with Gasteiger partial charge in [-0.15, -0.1) is 11.3 Å². The minimum atomic E-state index is 0.744. The Morgan fingerprint density at radius 3 is 2.95 bits per heavy atom. The summed E-state index contributed by atoms with van der Waals surface area (Å²) in [6, 6.07) is 8.24. The number of nitrogens with zero attached hydrogens (tertiary/aromatic N) is 1. The second-order valence-electron chi connectivity index (χ2n) is 6.27. The smallest absolute Gasteiger partial charge is 0.183 e. The summed E-state index contributed by atoms with van der Waals surface area (Å²) in [5.74, 6) is 1.79. The van der Waals surface area contributed by atoms with Crippen LogP contribution >= 0.6 is 11.3 Å². The molecular weight excluding hydrogens is 292 g/mol. The topological polar surface area (TPSA) is 34.1 Å². The van der Waals surface area contributed by atoms with Crippen LogP contribution in [0.3, 0.4) is 0 Å². The van der Waals surface area contributed by atoms with Gasteiger partial charge in [0, 0.05) is 23.4 Å². The molecule has 2 aliphatic rings. The van der Waals surface area contributed by atoms with Gasteiger partial charge < -0.3 is 10.1 Å². The maximum atomic E-state index is 5.83. The molecule has 0 spiro atoms. The van der Waals surface area contributed by atoms with Gasteiger partial charge in [0.1, 0.15) is 5.75 Å². The van der Waals surface area contributed by atoms with Crippen molar-refractivity contribution in [3.63, 3.8) is 0 Å². The molecule has 1 fully saturated rings. The summed E-state index contributed by atoms with van der Waals surface area (Å²) in [7, 11) is 0. The third kappa shape index (κ3) is 2.84. The van der Waals surface area contributed by atoms with Crippen LogP contribution in [0.4, 0.5) is 5.13 Å². The summed E-state index contributed by atoms with van der Waals surface area (Å²) in [4.78, 5) is 6.21. The molecule has 0 unspecified atom stereocenters. The lowest BCUT2D eigenvalue weighted by Crippen LogP contribution is -2.16. The minimum absolute atomic E-state index is 0.744. The quantitative estimate of drug-likeness (QED) is 0.888. The molecule has 22 heavy (non-hydrogen) atoms. The molecule has 0 atom stereocenters. The Hall–Kier alpha value is -1.55. The Morgan fingerprint density at radius 2 is 2.05 bits per heavy atom. The van der Waals surface area contributed by atoms with Gasteiger partial charge in [0.05, 0.1) is 12.3 Å². The summed E-state index contributed by atoms with van der Waals surface area (Å²) in [5.41, 5.74) is 2.25. The van der Waals surface area contributed by atoms with E-state index in [1.807, 2.05) is 12.1 Å². The highest BCUT2D eigenvalue weighted by Crippen LogP contribution is 2.39. The molecule has 4 heteroatoms. The van der Waals surface area contributed by atoms with E-state index in [2.05, 4.69) is 17.4 Å². The predicted molar refractivity (Wildman–Crippen MR) is 91.8 cm³/mol. The molecule has 4 rings (SSSR count). The molecule has 0 bridgehead atoms. The third-order valence-electron chi connectivity index (χ3n) is 4.69. The van der Waals surface area contributed by atoms with Crippen molar-refractivity contribution in [3.8, 4) is 17.0 Å². The van der Waals surface area contributed by atoms with E-state index >= 15 is 0 Å². The van der Waals surface area contributed by atoms with Crippen LogP contribution in [0.15, 0.2) is 24.3 Å². The van der Waals surface area contributed by atoms with Gasteiger partial charge in [-0.2, -0.15) is 0 Å². The van der Waals surface area contributed by atoms with Crippen molar-refractivity contribution >= 4 is 16.5 Å². The van der Waals surface area contributed by atoms with Gasteiger partial charge in [-0.3, -0.25) is 0 Å². The Kier molecular flexibility index (Phi) is 4.02. The second-order valence-corrected chi connectivity index (χ2v) is 7.35. The van der Waals surface area contributed by atoms with E-state index < -0.39 is 0 Å². The van der Waals surface area contributed by atoms with E-state index in [4.69, 9.17) is 9.72 Å². The number of para-hydroxylation sites is 1. The van der Waals surface area contributed by atoms with Crippen LogP contribution in [0.5, 0.6) is 5.75 Å². The number of nitrogens with one attached hydrogen (secondary N) is 1. The summed E-state index contributed by atoms with van der Waals surface area (Å²) in [6.45, 7) is 1.82. The Balaban J connectivity index is 1.53. The van der Waals surface area contributed by atoms with Crippen LogP contribution in [0, 0.1) is 5.92 Å². The molecule has 1 aliphatic heterocycles. The molecule has 2 aromatic rings. The first kappa shape index (κ1) is 14.1. The van der Waals surface area contributed by atoms with Crippen molar-refractivity contribution in [2.45, 2.75) is 38.5 Å². The van der Waals surface area contributed by atoms with Crippen molar-refractivity contribution in [1.29, 1.82) is 0 Å². The third-order valence-corrected chi connectivity index (χ3v) is 5.77. The van der Waals surface area contributed by atoms with Gasteiger partial charge in [0.15, 0.2) is 5.13 Å². The Morgan fingerprint density at radius 1 is 1.18 bits per heavy atom. The Labute approximate surface area is 135 Å². The number of thiazole rings is 1. The van der Waals surface area contributed by atoms with Crippen LogP contribution in [-0.2, 0) is 6.42 Å². The standard InChI is InChI=1S/C18H22N2OS/c1-2-6-13(7-3-1)12-19-18-20-17-14-8-4-5-9-15(14)21-11-10-16(17)22-18/h4-5,8-9,13H,1-3,6-7,10-12H2,(H,19,20). The fraction of sp³-hybridized carbons (Fsp3) is 0.500. The van der Waals surface area contributed by atoms with Gasteiger partial charge in [-0.05, 0) is 30.9 Å². The fourth-order valence-electron chi connectivity index (χ4n) is 3.47. The lowest BCUT2D eigenvalue weighted by atomic mass is 9.89. The molecule has 0 radical (unpaired) electrons. The molecule has 116 valence electrons. The van der Waals surface area contributed by atoms with Crippen LogP contribution in [0.1, 0.15) is 37.0 Å². The maximum Gasteiger partial charge on any atom is 0.183 e. The number of rotatable bonds is 3. The molecule has 1 aromatic carbocycles. The number of aromatic nitrogens is 1. The SMILES string of the molecule is c1ccc2c(c1)OCCc1sc(NCC3CCCCC3)nc1-2. The molecule has 1 aromatic heterocycles.